The van der Waals surface area contributed by atoms with E-state index < -0.39 is 5.82 Å². The van der Waals surface area contributed by atoms with Gasteiger partial charge in [0, 0.05) is 61.3 Å². The summed E-state index contributed by atoms with van der Waals surface area (Å²) in [6, 6.07) is 12.1. The number of aromatic nitrogens is 5. The predicted molar refractivity (Wildman–Crippen MR) is 136 cm³/mol. The van der Waals surface area contributed by atoms with Gasteiger partial charge in [0.05, 0.1) is 23.6 Å². The third-order valence-electron chi connectivity index (χ3n) is 6.40. The van der Waals surface area contributed by atoms with Crippen LogP contribution in [0.2, 0.25) is 5.02 Å². The zero-order valence-electron chi connectivity index (χ0n) is 19.8. The van der Waals surface area contributed by atoms with Crippen LogP contribution in [0.5, 0.6) is 0 Å². The minimum absolute atomic E-state index is 0.319. The predicted octanol–water partition coefficient (Wildman–Crippen LogP) is 4.42. The Morgan fingerprint density at radius 1 is 0.886 bits per heavy atom. The molecule has 0 aliphatic carbocycles. The first-order valence-corrected chi connectivity index (χ1v) is 12.0. The van der Waals surface area contributed by atoms with Crippen molar-refractivity contribution in [2.75, 3.05) is 39.8 Å². The molecule has 0 amide bonds. The highest BCUT2D eigenvalue weighted by Crippen LogP contribution is 2.30. The Morgan fingerprint density at radius 2 is 1.71 bits per heavy atom. The third kappa shape index (κ3) is 5.40. The molecule has 0 spiro atoms. The molecule has 1 aliphatic rings. The van der Waals surface area contributed by atoms with Crippen molar-refractivity contribution in [3.63, 3.8) is 0 Å². The molecule has 1 aliphatic heterocycles. The van der Waals surface area contributed by atoms with E-state index in [0.717, 1.165) is 67.5 Å². The lowest BCUT2D eigenvalue weighted by Crippen LogP contribution is -2.45. The van der Waals surface area contributed by atoms with Crippen LogP contribution in [0.4, 0.5) is 4.39 Å². The van der Waals surface area contributed by atoms with Gasteiger partial charge in [-0.05, 0) is 62.0 Å². The molecule has 0 atom stereocenters. The number of pyridine rings is 1. The summed E-state index contributed by atoms with van der Waals surface area (Å²) >= 11 is 6.08. The topological polar surface area (TPSA) is 63.0 Å². The number of hydrogen-bond donors (Lipinski definition) is 0. The van der Waals surface area contributed by atoms with Crippen molar-refractivity contribution in [1.82, 2.24) is 34.8 Å². The molecular formula is C26H27ClFN7. The molecule has 3 aromatic heterocycles. The molecular weight excluding hydrogens is 465 g/mol. The van der Waals surface area contributed by atoms with Crippen LogP contribution in [-0.4, -0.2) is 74.5 Å². The number of nitrogens with zero attached hydrogens (tertiary/aromatic N) is 7. The summed E-state index contributed by atoms with van der Waals surface area (Å²) in [7, 11) is 2.16. The van der Waals surface area contributed by atoms with E-state index in [1.807, 2.05) is 42.1 Å². The van der Waals surface area contributed by atoms with E-state index in [1.165, 1.54) is 12.1 Å². The Hall–Kier alpha value is -3.20. The van der Waals surface area contributed by atoms with Crippen LogP contribution in [-0.2, 0) is 6.54 Å². The lowest BCUT2D eigenvalue weighted by Gasteiger charge is -2.32. The Bertz CT molecular complexity index is 1330. The fraction of sp³-hybridized carbons (Fsp3) is 0.308. The Morgan fingerprint density at radius 3 is 2.54 bits per heavy atom. The van der Waals surface area contributed by atoms with Gasteiger partial charge in [-0.1, -0.05) is 11.6 Å². The lowest BCUT2D eigenvalue weighted by atomic mass is 10.0. The van der Waals surface area contributed by atoms with E-state index in [0.29, 0.717) is 16.3 Å². The maximum Gasteiger partial charge on any atom is 0.132 e. The standard InChI is InChI=1S/C26H27ClFN7/c1-18-21(17-25(31-30-18)22-16-20(27)3-4-23(22)28)19-5-7-29-26(15-19)24-6-8-35(32-24)14-13-34-11-9-33(2)10-12-34/h3-8,15-17H,9-14H2,1-2H3. The van der Waals surface area contributed by atoms with E-state index >= 15 is 0 Å². The average molecular weight is 492 g/mol. The molecule has 1 saturated heterocycles. The second-order valence-electron chi connectivity index (χ2n) is 8.89. The van der Waals surface area contributed by atoms with Crippen molar-refractivity contribution in [1.29, 1.82) is 0 Å². The number of aryl methyl sites for hydroxylation is 1. The molecule has 35 heavy (non-hydrogen) atoms. The molecule has 9 heteroatoms. The first kappa shape index (κ1) is 23.5. The minimum atomic E-state index is -0.393. The highest BCUT2D eigenvalue weighted by molar-refractivity contribution is 6.30. The largest absolute Gasteiger partial charge is 0.304 e. The second kappa shape index (κ2) is 10.2. The van der Waals surface area contributed by atoms with Crippen LogP contribution in [0.3, 0.4) is 0 Å². The monoisotopic (exact) mass is 491 g/mol. The van der Waals surface area contributed by atoms with Gasteiger partial charge in [0.15, 0.2) is 0 Å². The minimum Gasteiger partial charge on any atom is -0.304 e. The molecule has 1 aromatic carbocycles. The maximum absolute atomic E-state index is 14.4. The normalized spacial score (nSPS) is 15.0. The fourth-order valence-corrected chi connectivity index (χ4v) is 4.42. The van der Waals surface area contributed by atoms with E-state index in [-0.39, 0.29) is 0 Å². The van der Waals surface area contributed by atoms with Crippen LogP contribution < -0.4 is 0 Å². The Balaban J connectivity index is 1.37. The van der Waals surface area contributed by atoms with Gasteiger partial charge < -0.3 is 4.90 Å². The highest BCUT2D eigenvalue weighted by Gasteiger charge is 2.15. The first-order valence-electron chi connectivity index (χ1n) is 11.7. The van der Waals surface area contributed by atoms with Gasteiger partial charge in [-0.25, -0.2) is 4.39 Å². The van der Waals surface area contributed by atoms with Crippen LogP contribution in [0.15, 0.2) is 54.9 Å². The lowest BCUT2D eigenvalue weighted by molar-refractivity contribution is 0.149. The number of hydrogen-bond acceptors (Lipinski definition) is 6. The van der Waals surface area contributed by atoms with Gasteiger partial charge >= 0.3 is 0 Å². The van der Waals surface area contributed by atoms with Crippen molar-refractivity contribution in [3.05, 3.63) is 71.4 Å². The fourth-order valence-electron chi connectivity index (χ4n) is 4.25. The van der Waals surface area contributed by atoms with Crippen molar-refractivity contribution in [2.24, 2.45) is 0 Å². The van der Waals surface area contributed by atoms with Crippen LogP contribution >= 0.6 is 11.6 Å². The van der Waals surface area contributed by atoms with Gasteiger partial charge in [-0.2, -0.15) is 15.3 Å². The van der Waals surface area contributed by atoms with E-state index in [9.17, 15) is 4.39 Å². The molecule has 0 unspecified atom stereocenters. The highest BCUT2D eigenvalue weighted by atomic mass is 35.5. The van der Waals surface area contributed by atoms with Gasteiger partial charge in [-0.3, -0.25) is 14.6 Å². The summed E-state index contributed by atoms with van der Waals surface area (Å²) in [5.74, 6) is -0.393. The van der Waals surface area contributed by atoms with Crippen LogP contribution in [0.1, 0.15) is 5.69 Å². The second-order valence-corrected chi connectivity index (χ2v) is 9.33. The summed E-state index contributed by atoms with van der Waals surface area (Å²) in [4.78, 5) is 9.37. The van der Waals surface area contributed by atoms with Gasteiger partial charge in [0.1, 0.15) is 11.5 Å². The molecule has 4 heterocycles. The molecule has 0 saturated carbocycles. The van der Waals surface area contributed by atoms with Gasteiger partial charge in [0.2, 0.25) is 0 Å². The van der Waals surface area contributed by atoms with Crippen molar-refractivity contribution < 1.29 is 4.39 Å². The molecule has 4 aromatic rings. The maximum atomic E-state index is 14.4. The van der Waals surface area contributed by atoms with E-state index in [4.69, 9.17) is 16.7 Å². The smallest absolute Gasteiger partial charge is 0.132 e. The molecule has 180 valence electrons. The van der Waals surface area contributed by atoms with Crippen LogP contribution in [0, 0.1) is 12.7 Å². The first-order chi connectivity index (χ1) is 17.0. The zero-order valence-corrected chi connectivity index (χ0v) is 20.6. The van der Waals surface area contributed by atoms with Crippen molar-refractivity contribution >= 4 is 11.6 Å². The summed E-state index contributed by atoms with van der Waals surface area (Å²) in [5.41, 5.74) is 4.84. The van der Waals surface area contributed by atoms with Gasteiger partial charge in [-0.15, -0.1) is 0 Å². The Labute approximate surface area is 209 Å². The Kier molecular flexibility index (Phi) is 6.86. The quantitative estimate of drug-likeness (QED) is 0.398. The zero-order chi connectivity index (χ0) is 24.4. The van der Waals surface area contributed by atoms with E-state index in [1.54, 1.807) is 12.3 Å². The number of halogens is 2. The van der Waals surface area contributed by atoms with Gasteiger partial charge in [0.25, 0.3) is 0 Å². The summed E-state index contributed by atoms with van der Waals surface area (Å²) in [6.45, 7) is 8.10. The number of likely N-dealkylation sites (N-methyl/N-ethyl adjacent to an activating group) is 1. The number of piperazine rings is 1. The van der Waals surface area contributed by atoms with E-state index in [2.05, 4.69) is 32.0 Å². The molecule has 1 fully saturated rings. The average Bonchev–Trinajstić information content (AvgIpc) is 3.35. The number of benzene rings is 1. The molecule has 0 radical (unpaired) electrons. The molecule has 7 nitrogen and oxygen atoms in total. The number of rotatable bonds is 6. The molecule has 0 N–H and O–H groups in total. The summed E-state index contributed by atoms with van der Waals surface area (Å²) in [6.07, 6.45) is 3.76. The summed E-state index contributed by atoms with van der Waals surface area (Å²) < 4.78 is 16.4. The SMILES string of the molecule is Cc1nnc(-c2cc(Cl)ccc2F)cc1-c1ccnc(-c2ccn(CCN3CCN(C)CC3)n2)c1. The molecule has 0 bridgehead atoms. The van der Waals surface area contributed by atoms with Crippen molar-refractivity contribution in [3.8, 4) is 33.8 Å². The van der Waals surface area contributed by atoms with Crippen molar-refractivity contribution in [2.45, 2.75) is 13.5 Å². The van der Waals surface area contributed by atoms with Crippen LogP contribution in [0.25, 0.3) is 33.8 Å². The summed E-state index contributed by atoms with van der Waals surface area (Å²) in [5, 5.41) is 13.7. The third-order valence-corrected chi connectivity index (χ3v) is 6.63. The molecule has 5 rings (SSSR count).